The van der Waals surface area contributed by atoms with Crippen LogP contribution in [-0.2, 0) is 4.79 Å². The molecule has 0 aromatic heterocycles. The number of para-hydroxylation sites is 1. The molecular weight excluding hydrogens is 334 g/mol. The molecule has 1 N–H and O–H groups in total. The molecule has 5 heteroatoms. The molecule has 1 amide bonds. The maximum atomic E-state index is 12.5. The summed E-state index contributed by atoms with van der Waals surface area (Å²) < 4.78 is 0. The summed E-state index contributed by atoms with van der Waals surface area (Å²) in [6.45, 7) is 2.02. The summed E-state index contributed by atoms with van der Waals surface area (Å²) in [6.07, 6.45) is 2.77. The van der Waals surface area contributed by atoms with E-state index in [1.165, 1.54) is 0 Å². The number of carbonyl (C=O) groups is 1. The van der Waals surface area contributed by atoms with Gasteiger partial charge in [-0.15, -0.1) is 23.5 Å². The number of thioether (sulfide) groups is 2. The lowest BCUT2D eigenvalue weighted by Gasteiger charge is -2.16. The Morgan fingerprint density at radius 1 is 1.18 bits per heavy atom. The first-order valence-corrected chi connectivity index (χ1v) is 9.48. The van der Waals surface area contributed by atoms with Gasteiger partial charge in [0.15, 0.2) is 0 Å². The van der Waals surface area contributed by atoms with Gasteiger partial charge in [-0.3, -0.25) is 4.79 Å². The minimum atomic E-state index is -0.129. The molecule has 1 unspecified atom stereocenters. The van der Waals surface area contributed by atoms with Crippen molar-refractivity contribution in [1.29, 1.82) is 0 Å². The van der Waals surface area contributed by atoms with Gasteiger partial charge in [-0.1, -0.05) is 30.7 Å². The Hall–Kier alpha value is -1.10. The molecule has 2 rings (SSSR count). The fourth-order valence-electron chi connectivity index (χ4n) is 1.96. The lowest BCUT2D eigenvalue weighted by Crippen LogP contribution is -2.24. The SMILES string of the molecule is CCC(Sc1ccc(Cl)cc1)C(=O)Nc1ccccc1SC. The van der Waals surface area contributed by atoms with Crippen LogP contribution in [-0.4, -0.2) is 17.4 Å². The highest BCUT2D eigenvalue weighted by Crippen LogP contribution is 2.29. The van der Waals surface area contributed by atoms with Crippen molar-refractivity contribution in [1.82, 2.24) is 0 Å². The fourth-order valence-corrected chi connectivity index (χ4v) is 3.59. The highest BCUT2D eigenvalue weighted by atomic mass is 35.5. The van der Waals surface area contributed by atoms with Crippen LogP contribution in [0, 0.1) is 0 Å². The van der Waals surface area contributed by atoms with E-state index in [1.807, 2.05) is 61.7 Å². The molecule has 0 aliphatic carbocycles. The van der Waals surface area contributed by atoms with Gasteiger partial charge in [0, 0.05) is 14.8 Å². The molecule has 0 aliphatic heterocycles. The van der Waals surface area contributed by atoms with Gasteiger partial charge in [0.05, 0.1) is 10.9 Å². The van der Waals surface area contributed by atoms with Crippen LogP contribution in [0.1, 0.15) is 13.3 Å². The lowest BCUT2D eigenvalue weighted by molar-refractivity contribution is -0.115. The summed E-state index contributed by atoms with van der Waals surface area (Å²) in [4.78, 5) is 14.6. The van der Waals surface area contributed by atoms with E-state index >= 15 is 0 Å². The largest absolute Gasteiger partial charge is 0.324 e. The van der Waals surface area contributed by atoms with Crippen molar-refractivity contribution >= 4 is 46.7 Å². The quantitative estimate of drug-likeness (QED) is 0.689. The zero-order valence-electron chi connectivity index (χ0n) is 12.5. The molecule has 0 radical (unpaired) electrons. The van der Waals surface area contributed by atoms with Gasteiger partial charge in [0.25, 0.3) is 0 Å². The van der Waals surface area contributed by atoms with Gasteiger partial charge in [0.1, 0.15) is 0 Å². The number of carbonyl (C=O) groups excluding carboxylic acids is 1. The Balaban J connectivity index is 2.07. The fraction of sp³-hybridized carbons (Fsp3) is 0.235. The molecule has 0 saturated carbocycles. The van der Waals surface area contributed by atoms with E-state index in [2.05, 4.69) is 5.32 Å². The highest BCUT2D eigenvalue weighted by molar-refractivity contribution is 8.00. The average molecular weight is 352 g/mol. The molecule has 0 fully saturated rings. The first-order valence-electron chi connectivity index (χ1n) is 7.00. The first-order chi connectivity index (χ1) is 10.6. The number of anilines is 1. The van der Waals surface area contributed by atoms with E-state index in [0.717, 1.165) is 21.9 Å². The zero-order chi connectivity index (χ0) is 15.9. The lowest BCUT2D eigenvalue weighted by atomic mass is 10.2. The monoisotopic (exact) mass is 351 g/mol. The highest BCUT2D eigenvalue weighted by Gasteiger charge is 2.18. The molecular formula is C17H18ClNOS2. The van der Waals surface area contributed by atoms with Crippen LogP contribution in [0.5, 0.6) is 0 Å². The van der Waals surface area contributed by atoms with Crippen molar-refractivity contribution in [3.8, 4) is 0 Å². The minimum Gasteiger partial charge on any atom is -0.324 e. The van der Waals surface area contributed by atoms with Gasteiger partial charge < -0.3 is 5.32 Å². The smallest absolute Gasteiger partial charge is 0.237 e. The number of amides is 1. The summed E-state index contributed by atoms with van der Waals surface area (Å²) in [7, 11) is 0. The zero-order valence-corrected chi connectivity index (χ0v) is 14.9. The predicted octanol–water partition coefficient (Wildman–Crippen LogP) is 5.57. The van der Waals surface area contributed by atoms with Gasteiger partial charge in [-0.25, -0.2) is 0 Å². The Bertz CT molecular complexity index is 631. The number of nitrogens with one attached hydrogen (secondary N) is 1. The molecule has 0 spiro atoms. The van der Waals surface area contributed by atoms with Gasteiger partial charge >= 0.3 is 0 Å². The summed E-state index contributed by atoms with van der Waals surface area (Å²) in [5.74, 6) is 0.0314. The average Bonchev–Trinajstić information content (AvgIpc) is 2.54. The van der Waals surface area contributed by atoms with Crippen molar-refractivity contribution < 1.29 is 4.79 Å². The normalized spacial score (nSPS) is 12.0. The Morgan fingerprint density at radius 2 is 1.86 bits per heavy atom. The predicted molar refractivity (Wildman–Crippen MR) is 98.2 cm³/mol. The standard InChI is InChI=1S/C17H18ClNOS2/c1-3-15(22-13-10-8-12(18)9-11-13)17(20)19-14-6-4-5-7-16(14)21-2/h4-11,15H,3H2,1-2H3,(H,19,20). The maximum Gasteiger partial charge on any atom is 0.237 e. The summed E-state index contributed by atoms with van der Waals surface area (Å²) >= 11 is 9.08. The molecule has 1 atom stereocenters. The number of halogens is 1. The molecule has 22 heavy (non-hydrogen) atoms. The van der Waals surface area contributed by atoms with E-state index in [9.17, 15) is 4.79 Å². The van der Waals surface area contributed by atoms with Crippen LogP contribution < -0.4 is 5.32 Å². The van der Waals surface area contributed by atoms with Crippen LogP contribution in [0.4, 0.5) is 5.69 Å². The van der Waals surface area contributed by atoms with E-state index in [-0.39, 0.29) is 11.2 Å². The summed E-state index contributed by atoms with van der Waals surface area (Å²) in [5, 5.41) is 3.61. The van der Waals surface area contributed by atoms with Gasteiger partial charge in [-0.05, 0) is 49.1 Å². The van der Waals surface area contributed by atoms with E-state index in [0.29, 0.717) is 5.02 Å². The molecule has 0 bridgehead atoms. The Kier molecular flexibility index (Phi) is 6.68. The molecule has 0 saturated heterocycles. The van der Waals surface area contributed by atoms with E-state index < -0.39 is 0 Å². The van der Waals surface area contributed by atoms with E-state index in [1.54, 1.807) is 23.5 Å². The molecule has 2 aromatic rings. The Morgan fingerprint density at radius 3 is 2.50 bits per heavy atom. The van der Waals surface area contributed by atoms with Gasteiger partial charge in [0.2, 0.25) is 5.91 Å². The third-order valence-electron chi connectivity index (χ3n) is 3.12. The second-order valence-corrected chi connectivity index (χ2v) is 7.22. The molecule has 2 nitrogen and oxygen atoms in total. The van der Waals surface area contributed by atoms with Crippen LogP contribution in [0.15, 0.2) is 58.3 Å². The third-order valence-corrected chi connectivity index (χ3v) is 5.54. The van der Waals surface area contributed by atoms with Crippen LogP contribution in [0.25, 0.3) is 0 Å². The third kappa shape index (κ3) is 4.70. The molecule has 0 heterocycles. The topological polar surface area (TPSA) is 29.1 Å². The van der Waals surface area contributed by atoms with Crippen LogP contribution >= 0.6 is 35.1 Å². The van der Waals surface area contributed by atoms with E-state index in [4.69, 9.17) is 11.6 Å². The van der Waals surface area contributed by atoms with Crippen molar-refractivity contribution in [2.75, 3.05) is 11.6 Å². The molecule has 116 valence electrons. The van der Waals surface area contributed by atoms with Crippen LogP contribution in [0.2, 0.25) is 5.02 Å². The van der Waals surface area contributed by atoms with Crippen LogP contribution in [0.3, 0.4) is 0 Å². The minimum absolute atomic E-state index is 0.0314. The molecule has 2 aromatic carbocycles. The maximum absolute atomic E-state index is 12.5. The second-order valence-electron chi connectivity index (χ2n) is 4.66. The number of rotatable bonds is 6. The number of hydrogen-bond acceptors (Lipinski definition) is 3. The number of benzene rings is 2. The second kappa shape index (κ2) is 8.51. The summed E-state index contributed by atoms with van der Waals surface area (Å²) in [6, 6.07) is 15.4. The van der Waals surface area contributed by atoms with Gasteiger partial charge in [-0.2, -0.15) is 0 Å². The molecule has 0 aliphatic rings. The number of hydrogen-bond donors (Lipinski definition) is 1. The van der Waals surface area contributed by atoms with Crippen molar-refractivity contribution in [2.24, 2.45) is 0 Å². The first kappa shape index (κ1) is 17.3. The Labute approximate surface area is 145 Å². The van der Waals surface area contributed by atoms with Crippen molar-refractivity contribution in [3.05, 3.63) is 53.6 Å². The summed E-state index contributed by atoms with van der Waals surface area (Å²) in [5.41, 5.74) is 0.871. The van der Waals surface area contributed by atoms with Crippen molar-refractivity contribution in [3.63, 3.8) is 0 Å². The van der Waals surface area contributed by atoms with Crippen molar-refractivity contribution in [2.45, 2.75) is 28.4 Å².